The molecule has 0 saturated carbocycles. The van der Waals surface area contributed by atoms with Crippen LogP contribution in [0.25, 0.3) is 10.9 Å². The van der Waals surface area contributed by atoms with Crippen molar-refractivity contribution in [3.63, 3.8) is 0 Å². The third kappa shape index (κ3) is 3.74. The van der Waals surface area contributed by atoms with Crippen molar-refractivity contribution in [3.05, 3.63) is 42.0 Å². The van der Waals surface area contributed by atoms with E-state index in [0.717, 1.165) is 6.42 Å². The van der Waals surface area contributed by atoms with Crippen molar-refractivity contribution in [3.8, 4) is 23.1 Å². The summed E-state index contributed by atoms with van der Waals surface area (Å²) in [6, 6.07) is 6.22. The Labute approximate surface area is 185 Å². The van der Waals surface area contributed by atoms with Crippen LogP contribution in [0.1, 0.15) is 25.8 Å². The van der Waals surface area contributed by atoms with Gasteiger partial charge in [0.2, 0.25) is 5.88 Å². The van der Waals surface area contributed by atoms with Crippen LogP contribution < -0.4 is 24.4 Å². The third-order valence-corrected chi connectivity index (χ3v) is 5.44. The van der Waals surface area contributed by atoms with E-state index < -0.39 is 5.82 Å². The summed E-state index contributed by atoms with van der Waals surface area (Å²) in [5, 5.41) is 3.41. The first-order valence-electron chi connectivity index (χ1n) is 10.4. The van der Waals surface area contributed by atoms with Crippen molar-refractivity contribution in [2.75, 3.05) is 25.7 Å². The summed E-state index contributed by atoms with van der Waals surface area (Å²) in [6.45, 7) is 4.44. The monoisotopic (exact) mass is 440 g/mol. The van der Waals surface area contributed by atoms with Crippen LogP contribution in [0, 0.1) is 5.82 Å². The Kier molecular flexibility index (Phi) is 5.98. The first-order chi connectivity index (χ1) is 15.5. The molecule has 2 heterocycles. The minimum atomic E-state index is -0.507. The smallest absolute Gasteiger partial charge is 0.322 e. The van der Waals surface area contributed by atoms with E-state index in [1.165, 1.54) is 26.6 Å². The lowest BCUT2D eigenvalue weighted by atomic mass is 10.1. The average Bonchev–Trinajstić information content (AvgIpc) is 3.15. The number of nitrogens with zero attached hydrogens (tertiary/aromatic N) is 3. The standard InChI is InChI=1S/C23H25FN4O4/c1-5-8-25-23(29)28-13(2)9-15-17(28)6-7-18(21(15)24)32-22-14-10-19(30-3)20(31-4)11-16(14)26-12-27-22/h6-7,10-13H,5,8-9H2,1-4H3,(H,25,29). The van der Waals surface area contributed by atoms with E-state index in [4.69, 9.17) is 14.2 Å². The molecule has 9 heteroatoms. The van der Waals surface area contributed by atoms with Gasteiger partial charge >= 0.3 is 6.03 Å². The summed E-state index contributed by atoms with van der Waals surface area (Å²) < 4.78 is 32.0. The van der Waals surface area contributed by atoms with Crippen LogP contribution >= 0.6 is 0 Å². The molecule has 2 amide bonds. The maximum Gasteiger partial charge on any atom is 0.322 e. The molecule has 32 heavy (non-hydrogen) atoms. The maximum atomic E-state index is 15.4. The Morgan fingerprint density at radius 3 is 2.66 bits per heavy atom. The van der Waals surface area contributed by atoms with E-state index in [1.54, 1.807) is 23.1 Å². The number of ether oxygens (including phenoxy) is 3. The minimum Gasteiger partial charge on any atom is -0.493 e. The fraction of sp³-hybridized carbons (Fsp3) is 0.348. The number of anilines is 1. The first-order valence-corrected chi connectivity index (χ1v) is 10.4. The lowest BCUT2D eigenvalue weighted by molar-refractivity contribution is 0.245. The van der Waals surface area contributed by atoms with Crippen molar-refractivity contribution < 1.29 is 23.4 Å². The van der Waals surface area contributed by atoms with Crippen molar-refractivity contribution >= 4 is 22.6 Å². The molecule has 168 valence electrons. The largest absolute Gasteiger partial charge is 0.493 e. The summed E-state index contributed by atoms with van der Waals surface area (Å²) in [6.07, 6.45) is 2.57. The van der Waals surface area contributed by atoms with Gasteiger partial charge in [0.25, 0.3) is 0 Å². The van der Waals surface area contributed by atoms with Gasteiger partial charge in [-0.1, -0.05) is 6.92 Å². The molecule has 3 aromatic rings. The fourth-order valence-corrected chi connectivity index (χ4v) is 3.88. The van der Waals surface area contributed by atoms with Crippen molar-refractivity contribution in [2.24, 2.45) is 0 Å². The first kappa shape index (κ1) is 21.6. The number of hydrogen-bond acceptors (Lipinski definition) is 6. The third-order valence-electron chi connectivity index (χ3n) is 5.44. The van der Waals surface area contributed by atoms with Crippen molar-refractivity contribution in [1.29, 1.82) is 0 Å². The van der Waals surface area contributed by atoms with Crippen molar-refractivity contribution in [1.82, 2.24) is 15.3 Å². The molecule has 4 rings (SSSR count). The molecule has 8 nitrogen and oxygen atoms in total. The predicted molar refractivity (Wildman–Crippen MR) is 118 cm³/mol. The second-order valence-corrected chi connectivity index (χ2v) is 7.54. The second-order valence-electron chi connectivity index (χ2n) is 7.54. The molecule has 0 aliphatic carbocycles. The number of hydrogen-bond donors (Lipinski definition) is 1. The molecule has 1 aliphatic rings. The van der Waals surface area contributed by atoms with E-state index in [1.807, 2.05) is 13.8 Å². The van der Waals surface area contributed by atoms with E-state index in [9.17, 15) is 4.79 Å². The molecule has 0 fully saturated rings. The van der Waals surface area contributed by atoms with E-state index in [0.29, 0.717) is 46.6 Å². The van der Waals surface area contributed by atoms with Gasteiger partial charge in [-0.25, -0.2) is 19.2 Å². The van der Waals surface area contributed by atoms with Crippen LogP contribution in [0.4, 0.5) is 14.9 Å². The Balaban J connectivity index is 1.69. The molecule has 0 bridgehead atoms. The Morgan fingerprint density at radius 2 is 1.94 bits per heavy atom. The number of rotatable bonds is 6. The molecule has 0 saturated heterocycles. The average molecular weight is 440 g/mol. The molecule has 0 spiro atoms. The number of aromatic nitrogens is 2. The van der Waals surface area contributed by atoms with Gasteiger partial charge in [-0.3, -0.25) is 4.90 Å². The van der Waals surface area contributed by atoms with Gasteiger partial charge in [0, 0.05) is 24.2 Å². The maximum absolute atomic E-state index is 15.4. The lowest BCUT2D eigenvalue weighted by Crippen LogP contribution is -2.43. The molecule has 2 aromatic carbocycles. The lowest BCUT2D eigenvalue weighted by Gasteiger charge is -2.23. The zero-order chi connectivity index (χ0) is 22.8. The Morgan fingerprint density at radius 1 is 1.19 bits per heavy atom. The van der Waals surface area contributed by atoms with Gasteiger partial charge in [-0.2, -0.15) is 0 Å². The molecule has 1 aliphatic heterocycles. The number of methoxy groups -OCH3 is 2. The van der Waals surface area contributed by atoms with Crippen LogP contribution in [0.15, 0.2) is 30.6 Å². The summed E-state index contributed by atoms with van der Waals surface area (Å²) in [5.74, 6) is 0.716. The van der Waals surface area contributed by atoms with Crippen LogP contribution in [0.2, 0.25) is 0 Å². The van der Waals surface area contributed by atoms with Gasteiger partial charge in [0.1, 0.15) is 6.33 Å². The Bertz CT molecular complexity index is 1170. The highest BCUT2D eigenvalue weighted by molar-refractivity contribution is 5.95. The van der Waals surface area contributed by atoms with Gasteiger partial charge in [0.15, 0.2) is 23.1 Å². The zero-order valence-electron chi connectivity index (χ0n) is 18.4. The molecule has 1 unspecified atom stereocenters. The van der Waals surface area contributed by atoms with Gasteiger partial charge in [0.05, 0.1) is 30.8 Å². The van der Waals surface area contributed by atoms with Gasteiger partial charge in [-0.05, 0) is 38.0 Å². The molecule has 1 atom stereocenters. The number of fused-ring (bicyclic) bond motifs is 2. The number of urea groups is 1. The van der Waals surface area contributed by atoms with E-state index >= 15 is 4.39 Å². The molecular formula is C23H25FN4O4. The highest BCUT2D eigenvalue weighted by atomic mass is 19.1. The van der Waals surface area contributed by atoms with Gasteiger partial charge < -0.3 is 19.5 Å². The highest BCUT2D eigenvalue weighted by Gasteiger charge is 2.34. The van der Waals surface area contributed by atoms with E-state index in [-0.39, 0.29) is 23.7 Å². The summed E-state index contributed by atoms with van der Waals surface area (Å²) in [7, 11) is 3.06. The van der Waals surface area contributed by atoms with Crippen LogP contribution in [-0.4, -0.2) is 42.8 Å². The molecule has 0 radical (unpaired) electrons. The normalized spacial score (nSPS) is 14.9. The number of amides is 2. The van der Waals surface area contributed by atoms with Crippen LogP contribution in [0.5, 0.6) is 23.1 Å². The highest BCUT2D eigenvalue weighted by Crippen LogP contribution is 2.40. The van der Waals surface area contributed by atoms with Crippen LogP contribution in [-0.2, 0) is 6.42 Å². The number of benzene rings is 2. The topological polar surface area (TPSA) is 85.8 Å². The predicted octanol–water partition coefficient (Wildman–Crippen LogP) is 4.45. The van der Waals surface area contributed by atoms with E-state index in [2.05, 4.69) is 15.3 Å². The molecular weight excluding hydrogens is 415 g/mol. The fourth-order valence-electron chi connectivity index (χ4n) is 3.88. The van der Waals surface area contributed by atoms with Gasteiger partial charge in [-0.15, -0.1) is 0 Å². The SMILES string of the molecule is CCCNC(=O)N1c2ccc(Oc3ncnc4cc(OC)c(OC)cc34)c(F)c2CC1C. The molecule has 1 N–H and O–H groups in total. The number of nitrogens with one attached hydrogen (secondary N) is 1. The summed E-state index contributed by atoms with van der Waals surface area (Å²) in [4.78, 5) is 22.6. The number of halogens is 1. The van der Waals surface area contributed by atoms with Crippen LogP contribution in [0.3, 0.4) is 0 Å². The number of carbonyl (C=O) groups excluding carboxylic acids is 1. The summed E-state index contributed by atoms with van der Waals surface area (Å²) in [5.41, 5.74) is 1.57. The second kappa shape index (κ2) is 8.86. The minimum absolute atomic E-state index is 0.0292. The van der Waals surface area contributed by atoms with Crippen molar-refractivity contribution in [2.45, 2.75) is 32.7 Å². The summed E-state index contributed by atoms with van der Waals surface area (Å²) >= 11 is 0. The molecule has 1 aromatic heterocycles. The quantitative estimate of drug-likeness (QED) is 0.610. The zero-order valence-corrected chi connectivity index (χ0v) is 18.4. The number of carbonyl (C=O) groups is 1. The Hall–Kier alpha value is -3.62.